The molecule has 0 bridgehead atoms. The average Bonchev–Trinajstić information content (AvgIpc) is 3.09. The van der Waals surface area contributed by atoms with Gasteiger partial charge in [0.2, 0.25) is 0 Å². The summed E-state index contributed by atoms with van der Waals surface area (Å²) in [6, 6.07) is 11.3. The summed E-state index contributed by atoms with van der Waals surface area (Å²) < 4.78 is 10.6. The molecule has 2 amide bonds. The minimum absolute atomic E-state index is 0.0700. The fourth-order valence-electron chi connectivity index (χ4n) is 3.07. The molecule has 1 fully saturated rings. The number of aryl methyl sites for hydroxylation is 1. The zero-order chi connectivity index (χ0) is 18.5. The molecular weight excluding hydrogens is 332 g/mol. The van der Waals surface area contributed by atoms with E-state index in [1.54, 1.807) is 24.0 Å². The first kappa shape index (κ1) is 18.0. The number of hydrogen-bond donors (Lipinski definition) is 1. The molecule has 1 aromatic heterocycles. The Labute approximate surface area is 153 Å². The van der Waals surface area contributed by atoms with Crippen molar-refractivity contribution >= 4 is 12.0 Å². The fourth-order valence-corrected chi connectivity index (χ4v) is 3.07. The molecule has 0 atom stereocenters. The lowest BCUT2D eigenvalue weighted by Gasteiger charge is -2.31. The number of ether oxygens (including phenoxy) is 1. The third-order valence-corrected chi connectivity index (χ3v) is 4.53. The minimum Gasteiger partial charge on any atom is -0.461 e. The highest BCUT2D eigenvalue weighted by molar-refractivity contribution is 5.94. The summed E-state index contributed by atoms with van der Waals surface area (Å²) in [5.74, 6) is 1.55. The van der Waals surface area contributed by atoms with Gasteiger partial charge in [0.15, 0.2) is 0 Å². The molecule has 0 unspecified atom stereocenters. The monoisotopic (exact) mass is 356 g/mol. The van der Waals surface area contributed by atoms with Gasteiger partial charge in [0, 0.05) is 30.3 Å². The van der Waals surface area contributed by atoms with Gasteiger partial charge in [-0.2, -0.15) is 0 Å². The lowest BCUT2D eigenvalue weighted by Crippen LogP contribution is -2.46. The summed E-state index contributed by atoms with van der Waals surface area (Å²) in [7, 11) is 0. The van der Waals surface area contributed by atoms with E-state index in [1.165, 1.54) is 0 Å². The number of carbonyl (C=O) groups is 2. The highest BCUT2D eigenvalue weighted by Crippen LogP contribution is 2.22. The largest absolute Gasteiger partial charge is 0.461 e. The zero-order valence-electron chi connectivity index (χ0n) is 15.2. The van der Waals surface area contributed by atoms with Gasteiger partial charge >= 0.3 is 6.09 Å². The zero-order valence-corrected chi connectivity index (χ0v) is 15.2. The van der Waals surface area contributed by atoms with Crippen molar-refractivity contribution in [3.05, 3.63) is 47.7 Å². The first-order chi connectivity index (χ1) is 12.6. The molecule has 0 saturated carbocycles. The van der Waals surface area contributed by atoms with Gasteiger partial charge in [-0.05, 0) is 51.0 Å². The van der Waals surface area contributed by atoms with Gasteiger partial charge in [0.1, 0.15) is 11.5 Å². The second kappa shape index (κ2) is 8.08. The Kier molecular flexibility index (Phi) is 5.61. The lowest BCUT2D eigenvalue weighted by molar-refractivity contribution is 0.0860. The highest BCUT2D eigenvalue weighted by Gasteiger charge is 2.24. The van der Waals surface area contributed by atoms with Crippen molar-refractivity contribution in [2.24, 2.45) is 0 Å². The molecule has 1 saturated heterocycles. The van der Waals surface area contributed by atoms with Gasteiger partial charge in [-0.3, -0.25) is 4.79 Å². The van der Waals surface area contributed by atoms with Crippen molar-refractivity contribution in [2.75, 3.05) is 19.7 Å². The molecule has 0 spiro atoms. The van der Waals surface area contributed by atoms with E-state index >= 15 is 0 Å². The molecule has 1 aliphatic heterocycles. The predicted octanol–water partition coefficient (Wildman–Crippen LogP) is 3.61. The standard InChI is InChI=1S/C20H24N2O4/c1-3-25-20(24)22-12-10-17(11-13-22)21-19(23)16-7-5-15(6-8-16)18-9-4-14(2)26-18/h4-9,17H,3,10-13H2,1-2H3,(H,21,23). The topological polar surface area (TPSA) is 71.8 Å². The Hall–Kier alpha value is -2.76. The highest BCUT2D eigenvalue weighted by atomic mass is 16.6. The van der Waals surface area contributed by atoms with Gasteiger partial charge in [0.05, 0.1) is 6.61 Å². The number of nitrogens with zero attached hydrogens (tertiary/aromatic N) is 1. The predicted molar refractivity (Wildman–Crippen MR) is 98.0 cm³/mol. The van der Waals surface area contributed by atoms with Gasteiger partial charge in [-0.15, -0.1) is 0 Å². The third-order valence-electron chi connectivity index (χ3n) is 4.53. The summed E-state index contributed by atoms with van der Waals surface area (Å²) in [6.07, 6.45) is 1.18. The van der Waals surface area contributed by atoms with Crippen LogP contribution in [0, 0.1) is 6.92 Å². The number of rotatable bonds is 4. The van der Waals surface area contributed by atoms with Crippen LogP contribution in [0.3, 0.4) is 0 Å². The minimum atomic E-state index is -0.277. The number of nitrogens with one attached hydrogen (secondary N) is 1. The molecule has 2 aromatic rings. The van der Waals surface area contributed by atoms with Crippen LogP contribution in [0.1, 0.15) is 35.9 Å². The van der Waals surface area contributed by atoms with Crippen LogP contribution in [0.5, 0.6) is 0 Å². The first-order valence-corrected chi connectivity index (χ1v) is 8.96. The van der Waals surface area contributed by atoms with E-state index in [9.17, 15) is 9.59 Å². The van der Waals surface area contributed by atoms with Gasteiger partial charge in [0.25, 0.3) is 5.91 Å². The van der Waals surface area contributed by atoms with E-state index in [4.69, 9.17) is 9.15 Å². The van der Waals surface area contributed by atoms with Crippen molar-refractivity contribution in [3.63, 3.8) is 0 Å². The van der Waals surface area contributed by atoms with Crippen LogP contribution in [-0.4, -0.2) is 42.6 Å². The van der Waals surface area contributed by atoms with Crippen LogP contribution in [-0.2, 0) is 4.74 Å². The number of benzene rings is 1. The summed E-state index contributed by atoms with van der Waals surface area (Å²) >= 11 is 0. The second-order valence-corrected chi connectivity index (χ2v) is 6.42. The van der Waals surface area contributed by atoms with Crippen molar-refractivity contribution in [1.82, 2.24) is 10.2 Å². The molecule has 1 aliphatic rings. The Balaban J connectivity index is 1.53. The summed E-state index contributed by atoms with van der Waals surface area (Å²) in [4.78, 5) is 25.8. The van der Waals surface area contributed by atoms with Crippen LogP contribution < -0.4 is 5.32 Å². The normalized spacial score (nSPS) is 14.9. The van der Waals surface area contributed by atoms with Crippen LogP contribution in [0.4, 0.5) is 4.79 Å². The summed E-state index contributed by atoms with van der Waals surface area (Å²) in [5, 5.41) is 3.05. The van der Waals surface area contributed by atoms with Crippen LogP contribution in [0.2, 0.25) is 0 Å². The SMILES string of the molecule is CCOC(=O)N1CCC(NC(=O)c2ccc(-c3ccc(C)o3)cc2)CC1. The molecule has 1 N–H and O–H groups in total. The Bertz CT molecular complexity index is 758. The molecule has 6 nitrogen and oxygen atoms in total. The van der Waals surface area contributed by atoms with E-state index in [0.29, 0.717) is 25.3 Å². The quantitative estimate of drug-likeness (QED) is 0.908. The third kappa shape index (κ3) is 4.25. The maximum atomic E-state index is 12.4. The first-order valence-electron chi connectivity index (χ1n) is 8.96. The van der Waals surface area contributed by atoms with E-state index in [-0.39, 0.29) is 18.0 Å². The molecule has 138 valence electrons. The number of likely N-dealkylation sites (tertiary alicyclic amines) is 1. The maximum Gasteiger partial charge on any atom is 0.409 e. The number of hydrogen-bond acceptors (Lipinski definition) is 4. The molecular formula is C20H24N2O4. The van der Waals surface area contributed by atoms with E-state index < -0.39 is 0 Å². The van der Waals surface area contributed by atoms with Gasteiger partial charge in [-0.1, -0.05) is 12.1 Å². The van der Waals surface area contributed by atoms with Gasteiger partial charge < -0.3 is 19.4 Å². The van der Waals surface area contributed by atoms with E-state index in [0.717, 1.165) is 29.9 Å². The molecule has 1 aromatic carbocycles. The van der Waals surface area contributed by atoms with E-state index in [2.05, 4.69) is 5.32 Å². The molecule has 0 aliphatic carbocycles. The molecule has 0 radical (unpaired) electrons. The summed E-state index contributed by atoms with van der Waals surface area (Å²) in [6.45, 7) is 5.27. The smallest absolute Gasteiger partial charge is 0.409 e. The molecule has 26 heavy (non-hydrogen) atoms. The fraction of sp³-hybridized carbons (Fsp3) is 0.400. The molecule has 2 heterocycles. The number of amides is 2. The van der Waals surface area contributed by atoms with Crippen molar-refractivity contribution in [2.45, 2.75) is 32.7 Å². The molecule has 6 heteroatoms. The Morgan fingerprint density at radius 2 is 1.85 bits per heavy atom. The molecule has 3 rings (SSSR count). The van der Waals surface area contributed by atoms with Crippen molar-refractivity contribution < 1.29 is 18.7 Å². The van der Waals surface area contributed by atoms with Crippen LogP contribution in [0.15, 0.2) is 40.8 Å². The Morgan fingerprint density at radius 1 is 1.15 bits per heavy atom. The van der Waals surface area contributed by atoms with Crippen molar-refractivity contribution in [3.8, 4) is 11.3 Å². The Morgan fingerprint density at radius 3 is 2.42 bits per heavy atom. The average molecular weight is 356 g/mol. The second-order valence-electron chi connectivity index (χ2n) is 6.42. The number of furan rings is 1. The van der Waals surface area contributed by atoms with Crippen LogP contribution >= 0.6 is 0 Å². The summed E-state index contributed by atoms with van der Waals surface area (Å²) in [5.41, 5.74) is 1.56. The van der Waals surface area contributed by atoms with E-state index in [1.807, 2.05) is 31.2 Å². The lowest BCUT2D eigenvalue weighted by atomic mass is 10.0. The maximum absolute atomic E-state index is 12.4. The van der Waals surface area contributed by atoms with Gasteiger partial charge in [-0.25, -0.2) is 4.79 Å². The van der Waals surface area contributed by atoms with Crippen LogP contribution in [0.25, 0.3) is 11.3 Å². The number of piperidine rings is 1. The van der Waals surface area contributed by atoms with Crippen molar-refractivity contribution in [1.29, 1.82) is 0 Å². The number of carbonyl (C=O) groups excluding carboxylic acids is 2.